The van der Waals surface area contributed by atoms with Crippen LogP contribution in [-0.2, 0) is 11.3 Å². The van der Waals surface area contributed by atoms with Crippen LogP contribution in [0.25, 0.3) is 0 Å². The Morgan fingerprint density at radius 1 is 1.21 bits per heavy atom. The van der Waals surface area contributed by atoms with Crippen LogP contribution in [0.1, 0.15) is 30.4 Å². The Bertz CT molecular complexity index is 883. The van der Waals surface area contributed by atoms with E-state index in [1.807, 2.05) is 24.4 Å². The summed E-state index contributed by atoms with van der Waals surface area (Å²) in [6.45, 7) is 7.90. The number of nitrogens with one attached hydrogen (secondary N) is 1. The van der Waals surface area contributed by atoms with Gasteiger partial charge in [0.1, 0.15) is 5.82 Å². The van der Waals surface area contributed by atoms with Crippen molar-refractivity contribution in [3.8, 4) is 0 Å². The Morgan fingerprint density at radius 2 is 2.00 bits per heavy atom. The molecule has 1 saturated carbocycles. The van der Waals surface area contributed by atoms with Crippen LogP contribution in [0.15, 0.2) is 36.5 Å². The van der Waals surface area contributed by atoms with Crippen molar-refractivity contribution in [2.45, 2.75) is 25.8 Å². The summed E-state index contributed by atoms with van der Waals surface area (Å²) in [4.78, 5) is 21.9. The number of aromatic nitrogens is 1. The summed E-state index contributed by atoms with van der Waals surface area (Å²) < 4.78 is 0. The predicted molar refractivity (Wildman–Crippen MR) is 118 cm³/mol. The lowest BCUT2D eigenvalue weighted by atomic mass is 10.1. The van der Waals surface area contributed by atoms with E-state index in [-0.39, 0.29) is 17.7 Å². The Balaban J connectivity index is 1.32. The quantitative estimate of drug-likeness (QED) is 0.750. The topological polar surface area (TPSA) is 48.5 Å². The van der Waals surface area contributed by atoms with Gasteiger partial charge in [-0.2, -0.15) is 0 Å². The molecule has 4 rings (SSSR count). The third kappa shape index (κ3) is 4.68. The molecule has 0 spiro atoms. The summed E-state index contributed by atoms with van der Waals surface area (Å²) in [5, 5.41) is 4.18. The smallest absolute Gasteiger partial charge is 0.224 e. The van der Waals surface area contributed by atoms with E-state index in [2.05, 4.69) is 33.1 Å². The van der Waals surface area contributed by atoms with Gasteiger partial charge in [0.05, 0.1) is 10.0 Å². The van der Waals surface area contributed by atoms with Crippen LogP contribution in [0.3, 0.4) is 0 Å². The largest absolute Gasteiger partial charge is 0.354 e. The molecule has 2 fully saturated rings. The highest BCUT2D eigenvalue weighted by Crippen LogP contribution is 2.50. The van der Waals surface area contributed by atoms with Crippen molar-refractivity contribution in [1.82, 2.24) is 15.2 Å². The molecular weight excluding hydrogens is 407 g/mol. The fourth-order valence-electron chi connectivity index (χ4n) is 3.99. The second-order valence-electron chi connectivity index (χ2n) is 7.75. The number of hydrogen-bond acceptors (Lipinski definition) is 4. The van der Waals surface area contributed by atoms with E-state index in [0.29, 0.717) is 16.6 Å². The van der Waals surface area contributed by atoms with Crippen molar-refractivity contribution in [3.63, 3.8) is 0 Å². The van der Waals surface area contributed by atoms with Crippen LogP contribution < -0.4 is 10.2 Å². The first-order chi connectivity index (χ1) is 14.1. The molecule has 7 heteroatoms. The van der Waals surface area contributed by atoms with E-state index in [1.165, 1.54) is 0 Å². The molecule has 1 aromatic heterocycles. The normalized spacial score (nSPS) is 21.8. The number of likely N-dealkylation sites (N-methyl/N-ethyl adjacent to an activating group) is 1. The van der Waals surface area contributed by atoms with Gasteiger partial charge in [0.2, 0.25) is 5.91 Å². The molecule has 1 aromatic carbocycles. The molecule has 1 aliphatic carbocycles. The highest BCUT2D eigenvalue weighted by atomic mass is 35.5. The van der Waals surface area contributed by atoms with Gasteiger partial charge in [0, 0.05) is 44.8 Å². The van der Waals surface area contributed by atoms with Gasteiger partial charge < -0.3 is 15.1 Å². The first-order valence-corrected chi connectivity index (χ1v) is 11.0. The summed E-state index contributed by atoms with van der Waals surface area (Å²) in [6, 6.07) is 9.66. The fourth-order valence-corrected chi connectivity index (χ4v) is 4.44. The summed E-state index contributed by atoms with van der Waals surface area (Å²) in [6.07, 6.45) is 2.64. The predicted octanol–water partition coefficient (Wildman–Crippen LogP) is 3.95. The molecule has 2 atom stereocenters. The number of piperazine rings is 1. The van der Waals surface area contributed by atoms with Crippen LogP contribution >= 0.6 is 23.2 Å². The van der Waals surface area contributed by atoms with Crippen molar-refractivity contribution < 1.29 is 4.79 Å². The van der Waals surface area contributed by atoms with Crippen LogP contribution in [0, 0.1) is 5.92 Å². The first-order valence-electron chi connectivity index (χ1n) is 10.2. The number of amides is 1. The lowest BCUT2D eigenvalue weighted by Crippen LogP contribution is -2.46. The number of anilines is 1. The number of hydrogen-bond donors (Lipinski definition) is 1. The van der Waals surface area contributed by atoms with Gasteiger partial charge in [0.15, 0.2) is 0 Å². The molecule has 2 aliphatic rings. The van der Waals surface area contributed by atoms with Crippen molar-refractivity contribution in [3.05, 3.63) is 57.7 Å². The lowest BCUT2D eigenvalue weighted by molar-refractivity contribution is -0.122. The second-order valence-corrected chi connectivity index (χ2v) is 8.54. The van der Waals surface area contributed by atoms with Gasteiger partial charge in [-0.3, -0.25) is 4.79 Å². The summed E-state index contributed by atoms with van der Waals surface area (Å²) in [7, 11) is 0. The minimum absolute atomic E-state index is 0.0330. The third-order valence-corrected chi connectivity index (χ3v) is 6.76. The number of carbonyl (C=O) groups is 1. The molecule has 29 heavy (non-hydrogen) atoms. The van der Waals surface area contributed by atoms with E-state index in [0.717, 1.165) is 56.1 Å². The summed E-state index contributed by atoms with van der Waals surface area (Å²) in [5.41, 5.74) is 2.04. The zero-order valence-corrected chi connectivity index (χ0v) is 18.1. The minimum atomic E-state index is -0.0330. The van der Waals surface area contributed by atoms with Crippen molar-refractivity contribution in [1.29, 1.82) is 0 Å². The molecule has 1 amide bonds. The second kappa shape index (κ2) is 8.90. The number of rotatable bonds is 6. The van der Waals surface area contributed by atoms with E-state index < -0.39 is 0 Å². The van der Waals surface area contributed by atoms with Crippen LogP contribution in [0.2, 0.25) is 10.0 Å². The van der Waals surface area contributed by atoms with Crippen LogP contribution in [0.4, 0.5) is 5.82 Å². The van der Waals surface area contributed by atoms with E-state index in [9.17, 15) is 4.79 Å². The van der Waals surface area contributed by atoms with E-state index in [4.69, 9.17) is 23.2 Å². The Labute approximate surface area is 182 Å². The van der Waals surface area contributed by atoms with E-state index >= 15 is 0 Å². The summed E-state index contributed by atoms with van der Waals surface area (Å²) in [5.74, 6) is 1.18. The molecule has 2 heterocycles. The SMILES string of the molecule is CCN1CCN(c2cc(CNC(=O)C3CC3c3cccc(Cl)c3Cl)ccn2)CC1. The maximum Gasteiger partial charge on any atom is 0.224 e. The van der Waals surface area contributed by atoms with Gasteiger partial charge in [-0.1, -0.05) is 42.3 Å². The third-order valence-electron chi connectivity index (χ3n) is 5.93. The Hall–Kier alpha value is -1.82. The molecule has 5 nitrogen and oxygen atoms in total. The molecule has 2 aromatic rings. The zero-order valence-electron chi connectivity index (χ0n) is 16.6. The molecule has 2 unspecified atom stereocenters. The van der Waals surface area contributed by atoms with Gasteiger partial charge in [-0.25, -0.2) is 4.98 Å². The van der Waals surface area contributed by atoms with Gasteiger partial charge in [0.25, 0.3) is 0 Å². The molecule has 1 saturated heterocycles. The maximum absolute atomic E-state index is 12.6. The summed E-state index contributed by atoms with van der Waals surface area (Å²) >= 11 is 12.4. The fraction of sp³-hybridized carbons (Fsp3) is 0.455. The molecule has 0 bridgehead atoms. The molecule has 1 aliphatic heterocycles. The first kappa shape index (κ1) is 20.5. The molecule has 154 valence electrons. The highest BCUT2D eigenvalue weighted by Gasteiger charge is 2.44. The average Bonchev–Trinajstić information content (AvgIpc) is 3.55. The van der Waals surface area contributed by atoms with E-state index in [1.54, 1.807) is 6.07 Å². The standard InChI is InChI=1S/C22H26Cl2N4O/c1-2-27-8-10-28(11-9-27)20-12-15(6-7-25-20)14-26-22(29)18-13-17(18)16-4-3-5-19(23)21(16)24/h3-7,12,17-18H,2,8-11,13-14H2,1H3,(H,26,29). The van der Waals surface area contributed by atoms with Gasteiger partial charge >= 0.3 is 0 Å². The van der Waals surface area contributed by atoms with Crippen molar-refractivity contribution in [2.24, 2.45) is 5.92 Å². The maximum atomic E-state index is 12.6. The molecule has 0 radical (unpaired) electrons. The number of pyridine rings is 1. The highest BCUT2D eigenvalue weighted by molar-refractivity contribution is 6.42. The number of benzene rings is 1. The van der Waals surface area contributed by atoms with Gasteiger partial charge in [-0.05, 0) is 48.2 Å². The van der Waals surface area contributed by atoms with Crippen LogP contribution in [0.5, 0.6) is 0 Å². The monoisotopic (exact) mass is 432 g/mol. The molecular formula is C22H26Cl2N4O. The Morgan fingerprint density at radius 3 is 2.76 bits per heavy atom. The number of carbonyl (C=O) groups excluding carboxylic acids is 1. The van der Waals surface area contributed by atoms with Crippen molar-refractivity contribution >= 4 is 34.9 Å². The zero-order chi connectivity index (χ0) is 20.4. The van der Waals surface area contributed by atoms with Crippen molar-refractivity contribution in [2.75, 3.05) is 37.6 Å². The lowest BCUT2D eigenvalue weighted by Gasteiger charge is -2.34. The number of halogens is 2. The Kier molecular flexibility index (Phi) is 6.28. The van der Waals surface area contributed by atoms with Gasteiger partial charge in [-0.15, -0.1) is 0 Å². The minimum Gasteiger partial charge on any atom is -0.354 e. The number of nitrogens with zero attached hydrogens (tertiary/aromatic N) is 3. The molecule has 1 N–H and O–H groups in total. The average molecular weight is 433 g/mol. The van der Waals surface area contributed by atoms with Crippen LogP contribution in [-0.4, -0.2) is 48.5 Å².